The Morgan fingerprint density at radius 2 is 2.14 bits per heavy atom. The van der Waals surface area contributed by atoms with E-state index in [0.717, 1.165) is 0 Å². The van der Waals surface area contributed by atoms with E-state index in [9.17, 15) is 0 Å². The first-order valence-corrected chi connectivity index (χ1v) is 2.21. The van der Waals surface area contributed by atoms with E-state index in [1.807, 2.05) is 13.8 Å². The molecule has 0 aromatic carbocycles. The molecule has 7 heavy (non-hydrogen) atoms. The summed E-state index contributed by atoms with van der Waals surface area (Å²) in [5, 5.41) is 0. The third-order valence-electron chi connectivity index (χ3n) is 0.574. The Bertz CT molecular complexity index is 92.3. The molecule has 0 saturated heterocycles. The molecule has 0 aromatic rings. The Morgan fingerprint density at radius 3 is 2.29 bits per heavy atom. The van der Waals surface area contributed by atoms with Crippen molar-refractivity contribution in [2.45, 2.75) is 13.8 Å². The van der Waals surface area contributed by atoms with Gasteiger partial charge in [-0.1, -0.05) is 0 Å². The predicted molar refractivity (Wildman–Crippen MR) is 32.1 cm³/mol. The van der Waals surface area contributed by atoms with Gasteiger partial charge in [0.2, 0.25) is 0 Å². The number of nitrogens with two attached hydrogens (primary N) is 1. The number of allylic oxidation sites excluding steroid dienone is 1. The van der Waals surface area contributed by atoms with Crippen molar-refractivity contribution >= 4 is 6.21 Å². The predicted octanol–water partition coefficient (Wildman–Crippen LogP) is 0.897. The molecule has 40 valence electrons. The molecule has 0 aliphatic rings. The molecule has 0 atom stereocenters. The molecule has 0 spiro atoms. The van der Waals surface area contributed by atoms with E-state index < -0.39 is 0 Å². The molecule has 0 saturated carbocycles. The molecule has 0 heterocycles. The topological polar surface area (TPSA) is 38.4 Å². The van der Waals surface area contributed by atoms with Crippen LogP contribution in [0.15, 0.2) is 16.9 Å². The molecule has 0 bridgehead atoms. The zero-order valence-corrected chi connectivity index (χ0v) is 4.68. The van der Waals surface area contributed by atoms with Gasteiger partial charge >= 0.3 is 0 Å². The van der Waals surface area contributed by atoms with Crippen molar-refractivity contribution in [3.8, 4) is 0 Å². The normalized spacial score (nSPS) is 13.1. The highest BCUT2D eigenvalue weighted by atomic mass is 14.9. The zero-order valence-electron chi connectivity index (χ0n) is 4.68. The van der Waals surface area contributed by atoms with Gasteiger partial charge in [-0.05, 0) is 19.9 Å². The molecule has 0 aliphatic carbocycles. The van der Waals surface area contributed by atoms with E-state index in [2.05, 4.69) is 4.99 Å². The summed E-state index contributed by atoms with van der Waals surface area (Å²) in [6.07, 6.45) is 3.41. The van der Waals surface area contributed by atoms with E-state index in [4.69, 9.17) is 5.73 Å². The van der Waals surface area contributed by atoms with Crippen molar-refractivity contribution < 1.29 is 0 Å². The monoisotopic (exact) mass is 98.1 g/mol. The first kappa shape index (κ1) is 6.21. The summed E-state index contributed by atoms with van der Waals surface area (Å²) in [7, 11) is 0. The first-order chi connectivity index (χ1) is 3.31. The standard InChI is InChI=1S/C5H10N2/c1-3-5(6)7-4-2/h3-4H,6H2,1-2H3/b5-3+,7-4-. The average Bonchev–Trinajstić information content (AvgIpc) is 1.68. The Kier molecular flexibility index (Phi) is 3.02. The average molecular weight is 98.1 g/mol. The maximum absolute atomic E-state index is 5.25. The number of hydrogen-bond acceptors (Lipinski definition) is 2. The van der Waals surface area contributed by atoms with Crippen LogP contribution in [0.2, 0.25) is 0 Å². The van der Waals surface area contributed by atoms with Gasteiger partial charge in [0.1, 0.15) is 5.82 Å². The van der Waals surface area contributed by atoms with Crippen molar-refractivity contribution in [3.05, 3.63) is 11.9 Å². The molecule has 0 aliphatic heterocycles. The van der Waals surface area contributed by atoms with E-state index in [-0.39, 0.29) is 0 Å². The summed E-state index contributed by atoms with van der Waals surface area (Å²) >= 11 is 0. The van der Waals surface area contributed by atoms with Crippen molar-refractivity contribution in [1.29, 1.82) is 0 Å². The van der Waals surface area contributed by atoms with Gasteiger partial charge in [0.25, 0.3) is 0 Å². The van der Waals surface area contributed by atoms with Crippen molar-refractivity contribution in [3.63, 3.8) is 0 Å². The molecule has 0 aromatic heterocycles. The van der Waals surface area contributed by atoms with Crippen LogP contribution in [0.1, 0.15) is 13.8 Å². The van der Waals surface area contributed by atoms with Gasteiger partial charge in [0, 0.05) is 6.21 Å². The Labute approximate surface area is 43.7 Å². The Morgan fingerprint density at radius 1 is 1.57 bits per heavy atom. The SMILES string of the molecule is C/C=N\C(N)=C\C. The van der Waals surface area contributed by atoms with Gasteiger partial charge in [0.05, 0.1) is 0 Å². The number of rotatable bonds is 1. The smallest absolute Gasteiger partial charge is 0.118 e. The molecular formula is C5H10N2. The zero-order chi connectivity index (χ0) is 5.70. The third kappa shape index (κ3) is 3.03. The summed E-state index contributed by atoms with van der Waals surface area (Å²) in [5.74, 6) is 0.572. The molecule has 2 heteroatoms. The fraction of sp³-hybridized carbons (Fsp3) is 0.400. The number of nitrogens with zero attached hydrogens (tertiary/aromatic N) is 1. The van der Waals surface area contributed by atoms with Crippen molar-refractivity contribution in [2.24, 2.45) is 10.7 Å². The highest BCUT2D eigenvalue weighted by Crippen LogP contribution is 1.79. The Hall–Kier alpha value is -0.790. The molecule has 2 nitrogen and oxygen atoms in total. The highest BCUT2D eigenvalue weighted by molar-refractivity contribution is 5.54. The van der Waals surface area contributed by atoms with Crippen LogP contribution in [0.4, 0.5) is 0 Å². The lowest BCUT2D eigenvalue weighted by molar-refractivity contribution is 1.23. The molecule has 0 rings (SSSR count). The van der Waals surface area contributed by atoms with E-state index in [1.165, 1.54) is 0 Å². The fourth-order valence-corrected chi connectivity index (χ4v) is 0.224. The molecule has 2 N–H and O–H groups in total. The quantitative estimate of drug-likeness (QED) is 0.486. The lowest BCUT2D eigenvalue weighted by Gasteiger charge is -1.83. The van der Waals surface area contributed by atoms with Gasteiger partial charge in [-0.2, -0.15) is 0 Å². The lowest BCUT2D eigenvalue weighted by Crippen LogP contribution is -1.90. The molecular weight excluding hydrogens is 88.1 g/mol. The maximum Gasteiger partial charge on any atom is 0.118 e. The summed E-state index contributed by atoms with van der Waals surface area (Å²) < 4.78 is 0. The van der Waals surface area contributed by atoms with Gasteiger partial charge in [0.15, 0.2) is 0 Å². The summed E-state index contributed by atoms with van der Waals surface area (Å²) in [6, 6.07) is 0. The summed E-state index contributed by atoms with van der Waals surface area (Å²) in [4.78, 5) is 3.76. The molecule has 0 unspecified atom stereocenters. The Balaban J connectivity index is 3.58. The highest BCUT2D eigenvalue weighted by Gasteiger charge is 1.70. The fourth-order valence-electron chi connectivity index (χ4n) is 0.224. The second-order valence-corrected chi connectivity index (χ2v) is 1.10. The van der Waals surface area contributed by atoms with Crippen LogP contribution < -0.4 is 5.73 Å². The lowest BCUT2D eigenvalue weighted by atomic mass is 10.6. The van der Waals surface area contributed by atoms with Crippen LogP contribution in [0.5, 0.6) is 0 Å². The van der Waals surface area contributed by atoms with E-state index >= 15 is 0 Å². The number of aliphatic imine (C=N–C) groups is 1. The minimum Gasteiger partial charge on any atom is -0.384 e. The third-order valence-corrected chi connectivity index (χ3v) is 0.574. The van der Waals surface area contributed by atoms with Gasteiger partial charge < -0.3 is 5.73 Å². The van der Waals surface area contributed by atoms with Gasteiger partial charge in [-0.15, -0.1) is 0 Å². The second kappa shape index (κ2) is 3.40. The molecule has 0 fully saturated rings. The van der Waals surface area contributed by atoms with Crippen LogP contribution in [-0.4, -0.2) is 6.21 Å². The van der Waals surface area contributed by atoms with Crippen LogP contribution >= 0.6 is 0 Å². The van der Waals surface area contributed by atoms with Gasteiger partial charge in [-0.3, -0.25) is 0 Å². The van der Waals surface area contributed by atoms with Gasteiger partial charge in [-0.25, -0.2) is 4.99 Å². The van der Waals surface area contributed by atoms with E-state index in [1.54, 1.807) is 12.3 Å². The first-order valence-electron chi connectivity index (χ1n) is 2.21. The van der Waals surface area contributed by atoms with Crippen LogP contribution in [-0.2, 0) is 0 Å². The van der Waals surface area contributed by atoms with Crippen molar-refractivity contribution in [1.82, 2.24) is 0 Å². The van der Waals surface area contributed by atoms with Crippen LogP contribution in [0, 0.1) is 0 Å². The minimum atomic E-state index is 0.572. The number of hydrogen-bond donors (Lipinski definition) is 1. The minimum absolute atomic E-state index is 0.572. The van der Waals surface area contributed by atoms with E-state index in [0.29, 0.717) is 5.82 Å². The molecule has 0 amide bonds. The largest absolute Gasteiger partial charge is 0.384 e. The molecule has 0 radical (unpaired) electrons. The second-order valence-electron chi connectivity index (χ2n) is 1.10. The van der Waals surface area contributed by atoms with Crippen LogP contribution in [0.25, 0.3) is 0 Å². The summed E-state index contributed by atoms with van der Waals surface area (Å²) in [5.41, 5.74) is 5.25. The summed E-state index contributed by atoms with van der Waals surface area (Å²) in [6.45, 7) is 3.68. The van der Waals surface area contributed by atoms with Crippen LogP contribution in [0.3, 0.4) is 0 Å². The maximum atomic E-state index is 5.25. The van der Waals surface area contributed by atoms with Crippen molar-refractivity contribution in [2.75, 3.05) is 0 Å².